The maximum atomic E-state index is 4.22. The fourth-order valence-corrected chi connectivity index (χ4v) is 1.99. The van der Waals surface area contributed by atoms with Crippen molar-refractivity contribution in [1.29, 1.82) is 0 Å². The highest BCUT2D eigenvalue weighted by molar-refractivity contribution is 7.99. The van der Waals surface area contributed by atoms with Crippen LogP contribution in [0.1, 0.15) is 25.1 Å². The van der Waals surface area contributed by atoms with Gasteiger partial charge in [0.1, 0.15) is 5.82 Å². The number of hydrogen-bond donors (Lipinski definition) is 1. The predicted octanol–water partition coefficient (Wildman–Crippen LogP) is 2.32. The van der Waals surface area contributed by atoms with Gasteiger partial charge in [0.15, 0.2) is 0 Å². The van der Waals surface area contributed by atoms with Gasteiger partial charge in [-0.1, -0.05) is 23.4 Å². The lowest BCUT2D eigenvalue weighted by Crippen LogP contribution is -1.96. The summed E-state index contributed by atoms with van der Waals surface area (Å²) in [7, 11) is 0. The van der Waals surface area contributed by atoms with Crippen molar-refractivity contribution in [3.05, 3.63) is 17.5 Å². The molecule has 1 aliphatic rings. The number of aromatic nitrogens is 3. The molecule has 1 saturated carbocycles. The summed E-state index contributed by atoms with van der Waals surface area (Å²) < 4.78 is 0. The molecule has 0 amide bonds. The van der Waals surface area contributed by atoms with Gasteiger partial charge in [0.25, 0.3) is 0 Å². The van der Waals surface area contributed by atoms with E-state index in [1.807, 2.05) is 6.92 Å². The van der Waals surface area contributed by atoms with E-state index >= 15 is 0 Å². The Labute approximate surface area is 82.0 Å². The molecule has 2 rings (SSSR count). The molecule has 1 aliphatic carbocycles. The van der Waals surface area contributed by atoms with Crippen molar-refractivity contribution < 1.29 is 0 Å². The average Bonchev–Trinajstić information content (AvgIpc) is 2.42. The third-order valence-corrected chi connectivity index (χ3v) is 2.93. The molecule has 1 heterocycles. The summed E-state index contributed by atoms with van der Waals surface area (Å²) in [4.78, 5) is 4.22. The largest absolute Gasteiger partial charge is 0.262 e. The lowest BCUT2D eigenvalue weighted by Gasteiger charge is -2.15. The van der Waals surface area contributed by atoms with Gasteiger partial charge in [-0.05, 0) is 26.2 Å². The maximum Gasteiger partial charge on any atom is 0.208 e. The number of rotatable bonds is 3. The minimum Gasteiger partial charge on any atom is -0.262 e. The Morgan fingerprint density at radius 1 is 1.54 bits per heavy atom. The van der Waals surface area contributed by atoms with Gasteiger partial charge in [0, 0.05) is 5.75 Å². The van der Waals surface area contributed by atoms with Gasteiger partial charge in [0.05, 0.1) is 0 Å². The van der Waals surface area contributed by atoms with Crippen molar-refractivity contribution in [2.45, 2.75) is 31.3 Å². The lowest BCUT2D eigenvalue weighted by molar-refractivity contribution is 0.661. The molecule has 0 spiro atoms. The molecule has 1 fully saturated rings. The van der Waals surface area contributed by atoms with E-state index in [1.165, 1.54) is 19.3 Å². The Bertz CT molecular complexity index is 310. The van der Waals surface area contributed by atoms with Gasteiger partial charge < -0.3 is 0 Å². The fraction of sp³-hybridized carbons (Fsp3) is 0.556. The summed E-state index contributed by atoms with van der Waals surface area (Å²) in [5.74, 6) is 1.89. The number of thioether (sulfide) groups is 1. The van der Waals surface area contributed by atoms with Gasteiger partial charge in [-0.3, -0.25) is 5.10 Å². The molecule has 0 aliphatic heterocycles. The van der Waals surface area contributed by atoms with Crippen molar-refractivity contribution in [3.8, 4) is 0 Å². The molecule has 1 aromatic heterocycles. The summed E-state index contributed by atoms with van der Waals surface area (Å²) in [6.07, 6.45) is 6.28. The fourth-order valence-electron chi connectivity index (χ4n) is 1.21. The summed E-state index contributed by atoms with van der Waals surface area (Å²) in [6.45, 7) is 1.92. The van der Waals surface area contributed by atoms with Crippen LogP contribution in [-0.2, 0) is 0 Å². The van der Waals surface area contributed by atoms with Gasteiger partial charge in [-0.25, -0.2) is 4.98 Å². The number of H-pyrrole nitrogens is 1. The van der Waals surface area contributed by atoms with Crippen molar-refractivity contribution in [2.75, 3.05) is 5.75 Å². The zero-order valence-electron chi connectivity index (χ0n) is 7.71. The number of nitrogens with zero attached hydrogens (tertiary/aromatic N) is 2. The number of nitrogens with one attached hydrogen (secondary N) is 1. The summed E-state index contributed by atoms with van der Waals surface area (Å²) >= 11 is 1.69. The number of aromatic amines is 1. The van der Waals surface area contributed by atoms with E-state index in [0.29, 0.717) is 0 Å². The van der Waals surface area contributed by atoms with E-state index in [-0.39, 0.29) is 0 Å². The van der Waals surface area contributed by atoms with Gasteiger partial charge in [0.2, 0.25) is 5.16 Å². The van der Waals surface area contributed by atoms with Crippen LogP contribution in [0.2, 0.25) is 0 Å². The highest BCUT2D eigenvalue weighted by Crippen LogP contribution is 2.26. The third-order valence-electron chi connectivity index (χ3n) is 2.16. The molecule has 4 heteroatoms. The third kappa shape index (κ3) is 2.34. The standard InChI is InChI=1S/C9H13N3S/c1-7-10-9(12-11-7)13-6-5-8-3-2-4-8/h5H,2-4,6H2,1H3,(H,10,11,12). The summed E-state index contributed by atoms with van der Waals surface area (Å²) in [5.41, 5.74) is 1.60. The predicted molar refractivity (Wildman–Crippen MR) is 53.8 cm³/mol. The average molecular weight is 195 g/mol. The van der Waals surface area contributed by atoms with Crippen LogP contribution in [0.25, 0.3) is 0 Å². The van der Waals surface area contributed by atoms with Crippen molar-refractivity contribution in [2.24, 2.45) is 0 Å². The minimum absolute atomic E-state index is 0.855. The maximum absolute atomic E-state index is 4.22. The van der Waals surface area contributed by atoms with E-state index in [2.05, 4.69) is 21.3 Å². The van der Waals surface area contributed by atoms with E-state index in [4.69, 9.17) is 0 Å². The van der Waals surface area contributed by atoms with Crippen molar-refractivity contribution >= 4 is 11.8 Å². The second-order valence-electron chi connectivity index (χ2n) is 3.23. The number of hydrogen-bond acceptors (Lipinski definition) is 3. The van der Waals surface area contributed by atoms with Crippen LogP contribution in [0.4, 0.5) is 0 Å². The summed E-state index contributed by atoms with van der Waals surface area (Å²) in [5, 5.41) is 7.74. The van der Waals surface area contributed by atoms with E-state index in [1.54, 1.807) is 17.3 Å². The first-order valence-corrected chi connectivity index (χ1v) is 5.53. The zero-order chi connectivity index (χ0) is 9.10. The van der Waals surface area contributed by atoms with Crippen LogP contribution < -0.4 is 0 Å². The molecule has 0 bridgehead atoms. The zero-order valence-corrected chi connectivity index (χ0v) is 8.52. The first-order chi connectivity index (χ1) is 6.34. The summed E-state index contributed by atoms with van der Waals surface area (Å²) in [6, 6.07) is 0. The van der Waals surface area contributed by atoms with Crippen LogP contribution >= 0.6 is 11.8 Å². The van der Waals surface area contributed by atoms with E-state index in [0.717, 1.165) is 16.7 Å². The normalized spacial score (nSPS) is 15.6. The Balaban J connectivity index is 1.79. The molecular formula is C9H13N3S. The highest BCUT2D eigenvalue weighted by atomic mass is 32.2. The van der Waals surface area contributed by atoms with Gasteiger partial charge in [-0.2, -0.15) is 0 Å². The Morgan fingerprint density at radius 3 is 2.92 bits per heavy atom. The van der Waals surface area contributed by atoms with Gasteiger partial charge in [-0.15, -0.1) is 5.10 Å². The van der Waals surface area contributed by atoms with E-state index < -0.39 is 0 Å². The van der Waals surface area contributed by atoms with Crippen molar-refractivity contribution in [1.82, 2.24) is 15.2 Å². The van der Waals surface area contributed by atoms with Crippen LogP contribution in [0.3, 0.4) is 0 Å². The Kier molecular flexibility index (Phi) is 2.68. The molecule has 0 aromatic carbocycles. The molecule has 1 N–H and O–H groups in total. The smallest absolute Gasteiger partial charge is 0.208 e. The molecule has 0 saturated heterocycles. The van der Waals surface area contributed by atoms with Gasteiger partial charge >= 0.3 is 0 Å². The lowest BCUT2D eigenvalue weighted by atomic mass is 9.93. The highest BCUT2D eigenvalue weighted by Gasteiger charge is 2.07. The quantitative estimate of drug-likeness (QED) is 0.594. The van der Waals surface area contributed by atoms with Crippen LogP contribution in [0, 0.1) is 6.92 Å². The Hall–Kier alpha value is -0.770. The van der Waals surface area contributed by atoms with Crippen molar-refractivity contribution in [3.63, 3.8) is 0 Å². The molecule has 13 heavy (non-hydrogen) atoms. The second-order valence-corrected chi connectivity index (χ2v) is 4.22. The van der Waals surface area contributed by atoms with E-state index in [9.17, 15) is 0 Å². The molecule has 0 atom stereocenters. The SMILES string of the molecule is Cc1nc(SCC=C2CCC2)n[nH]1. The number of allylic oxidation sites excluding steroid dienone is 1. The minimum atomic E-state index is 0.855. The van der Waals surface area contributed by atoms with Crippen LogP contribution in [0.15, 0.2) is 16.8 Å². The Morgan fingerprint density at radius 2 is 2.38 bits per heavy atom. The molecule has 70 valence electrons. The molecule has 0 radical (unpaired) electrons. The number of aryl methyl sites for hydroxylation is 1. The molecule has 3 nitrogen and oxygen atoms in total. The first kappa shape index (κ1) is 8.81. The second kappa shape index (κ2) is 3.96. The topological polar surface area (TPSA) is 41.6 Å². The molecule has 0 unspecified atom stereocenters. The first-order valence-electron chi connectivity index (χ1n) is 4.54. The van der Waals surface area contributed by atoms with Crippen LogP contribution in [0.5, 0.6) is 0 Å². The van der Waals surface area contributed by atoms with Crippen LogP contribution in [-0.4, -0.2) is 20.9 Å². The molecule has 1 aromatic rings. The molecular weight excluding hydrogens is 182 g/mol. The monoisotopic (exact) mass is 195 g/mol.